The lowest BCUT2D eigenvalue weighted by atomic mass is 10.1. The number of nitrogens with one attached hydrogen (secondary N) is 1. The highest BCUT2D eigenvalue weighted by Gasteiger charge is 2.30. The molecular formula is C26H36N2O3S. The van der Waals surface area contributed by atoms with Crippen LogP contribution in [0.4, 0.5) is 0 Å². The first kappa shape index (κ1) is 25.8. The van der Waals surface area contributed by atoms with Gasteiger partial charge in [0.25, 0.3) is 0 Å². The standard InChI is InChI=1S/C26H36N2O3S/c1-6-23(25(30)27-26(2,3)4)28(18-20-12-14-22(31-5)15-13-20)24(29)16-17-32-19-21-10-8-7-9-11-21/h7-15,23H,6,16-19H2,1-5H3,(H,27,30)/t23-/m1/s1. The lowest BCUT2D eigenvalue weighted by Crippen LogP contribution is -2.53. The fourth-order valence-corrected chi connectivity index (χ4v) is 4.26. The maximum Gasteiger partial charge on any atom is 0.243 e. The fourth-order valence-electron chi connectivity index (χ4n) is 3.37. The summed E-state index contributed by atoms with van der Waals surface area (Å²) < 4.78 is 5.24. The number of amides is 2. The lowest BCUT2D eigenvalue weighted by molar-refractivity contribution is -0.141. The molecule has 1 atom stereocenters. The van der Waals surface area contributed by atoms with Crippen molar-refractivity contribution in [3.05, 3.63) is 65.7 Å². The Labute approximate surface area is 196 Å². The van der Waals surface area contributed by atoms with Crippen LogP contribution >= 0.6 is 11.8 Å². The molecule has 2 amide bonds. The van der Waals surface area contributed by atoms with Gasteiger partial charge in [-0.1, -0.05) is 49.4 Å². The third-order valence-electron chi connectivity index (χ3n) is 4.97. The van der Waals surface area contributed by atoms with E-state index in [4.69, 9.17) is 4.74 Å². The van der Waals surface area contributed by atoms with Gasteiger partial charge in [-0.3, -0.25) is 9.59 Å². The smallest absolute Gasteiger partial charge is 0.243 e. The number of rotatable bonds is 11. The predicted octanol–water partition coefficient (Wildman–Crippen LogP) is 5.04. The Balaban J connectivity index is 2.09. The van der Waals surface area contributed by atoms with Gasteiger partial charge in [0.1, 0.15) is 11.8 Å². The number of carbonyl (C=O) groups is 2. The van der Waals surface area contributed by atoms with Crippen LogP contribution in [0.25, 0.3) is 0 Å². The molecule has 32 heavy (non-hydrogen) atoms. The Hall–Kier alpha value is -2.47. The van der Waals surface area contributed by atoms with Gasteiger partial charge in [0.2, 0.25) is 11.8 Å². The van der Waals surface area contributed by atoms with Crippen molar-refractivity contribution in [1.82, 2.24) is 10.2 Å². The monoisotopic (exact) mass is 456 g/mol. The van der Waals surface area contributed by atoms with E-state index in [1.165, 1.54) is 5.56 Å². The van der Waals surface area contributed by atoms with Gasteiger partial charge in [-0.2, -0.15) is 11.8 Å². The van der Waals surface area contributed by atoms with Gasteiger partial charge >= 0.3 is 0 Å². The third-order valence-corrected chi connectivity index (χ3v) is 6.00. The molecule has 0 aliphatic heterocycles. The summed E-state index contributed by atoms with van der Waals surface area (Å²) in [7, 11) is 1.63. The highest BCUT2D eigenvalue weighted by atomic mass is 32.2. The lowest BCUT2D eigenvalue weighted by Gasteiger charge is -2.33. The fraction of sp³-hybridized carbons (Fsp3) is 0.462. The largest absolute Gasteiger partial charge is 0.497 e. The number of thioether (sulfide) groups is 1. The average molecular weight is 457 g/mol. The van der Waals surface area contributed by atoms with Gasteiger partial charge in [0.05, 0.1) is 7.11 Å². The van der Waals surface area contributed by atoms with Crippen LogP contribution in [0.1, 0.15) is 51.7 Å². The highest BCUT2D eigenvalue weighted by molar-refractivity contribution is 7.98. The van der Waals surface area contributed by atoms with Gasteiger partial charge in [-0.05, 0) is 50.5 Å². The van der Waals surface area contributed by atoms with E-state index in [0.717, 1.165) is 17.1 Å². The third kappa shape index (κ3) is 8.58. The number of hydrogen-bond donors (Lipinski definition) is 1. The van der Waals surface area contributed by atoms with Gasteiger partial charge in [-0.15, -0.1) is 0 Å². The summed E-state index contributed by atoms with van der Waals surface area (Å²) in [6.45, 7) is 8.20. The second-order valence-electron chi connectivity index (χ2n) is 8.82. The number of methoxy groups -OCH3 is 1. The van der Waals surface area contributed by atoms with E-state index in [2.05, 4.69) is 17.4 Å². The molecule has 5 nitrogen and oxygen atoms in total. The van der Waals surface area contributed by atoms with Crippen LogP contribution in [0, 0.1) is 0 Å². The van der Waals surface area contributed by atoms with Crippen molar-refractivity contribution in [1.29, 1.82) is 0 Å². The van der Waals surface area contributed by atoms with Gasteiger partial charge in [0, 0.05) is 30.0 Å². The van der Waals surface area contributed by atoms with Crippen LogP contribution < -0.4 is 10.1 Å². The van der Waals surface area contributed by atoms with E-state index in [1.54, 1.807) is 23.8 Å². The molecule has 2 aromatic carbocycles. The Morgan fingerprint density at radius 3 is 2.25 bits per heavy atom. The second kappa shape index (κ2) is 12.5. The maximum atomic E-state index is 13.3. The van der Waals surface area contributed by atoms with Crippen molar-refractivity contribution in [2.24, 2.45) is 0 Å². The van der Waals surface area contributed by atoms with Crippen molar-refractivity contribution in [3.63, 3.8) is 0 Å². The molecule has 0 aromatic heterocycles. The molecule has 0 aliphatic rings. The molecule has 2 rings (SSSR count). The molecule has 0 spiro atoms. The van der Waals surface area contributed by atoms with Crippen LogP contribution in [-0.2, 0) is 21.9 Å². The number of benzene rings is 2. The quantitative estimate of drug-likeness (QED) is 0.481. The zero-order valence-electron chi connectivity index (χ0n) is 19.9. The van der Waals surface area contributed by atoms with E-state index in [0.29, 0.717) is 25.1 Å². The van der Waals surface area contributed by atoms with Gasteiger partial charge in [-0.25, -0.2) is 0 Å². The van der Waals surface area contributed by atoms with Gasteiger partial charge < -0.3 is 15.0 Å². The number of ether oxygens (including phenoxy) is 1. The van der Waals surface area contributed by atoms with E-state index in [1.807, 2.05) is 70.2 Å². The minimum absolute atomic E-state index is 0.00251. The Kier molecular flexibility index (Phi) is 10.1. The van der Waals surface area contributed by atoms with Crippen LogP contribution in [0.5, 0.6) is 5.75 Å². The van der Waals surface area contributed by atoms with E-state index in [9.17, 15) is 9.59 Å². The van der Waals surface area contributed by atoms with E-state index < -0.39 is 6.04 Å². The molecule has 0 unspecified atom stereocenters. The van der Waals surface area contributed by atoms with E-state index >= 15 is 0 Å². The minimum atomic E-state index is -0.511. The highest BCUT2D eigenvalue weighted by Crippen LogP contribution is 2.19. The normalized spacial score (nSPS) is 12.2. The molecule has 2 aromatic rings. The average Bonchev–Trinajstić information content (AvgIpc) is 2.76. The van der Waals surface area contributed by atoms with Crippen LogP contribution in [-0.4, -0.2) is 41.2 Å². The number of nitrogens with zero attached hydrogens (tertiary/aromatic N) is 1. The SMILES string of the molecule is CC[C@H](C(=O)NC(C)(C)C)N(Cc1ccc(OC)cc1)C(=O)CCSCc1ccccc1. The van der Waals surface area contributed by atoms with Crippen LogP contribution in [0.15, 0.2) is 54.6 Å². The maximum absolute atomic E-state index is 13.3. The Bertz CT molecular complexity index is 848. The topological polar surface area (TPSA) is 58.6 Å². The molecular weight excluding hydrogens is 420 g/mol. The predicted molar refractivity (Wildman–Crippen MR) is 133 cm³/mol. The molecule has 0 bridgehead atoms. The second-order valence-corrected chi connectivity index (χ2v) is 9.93. The summed E-state index contributed by atoms with van der Waals surface area (Å²) in [6.07, 6.45) is 0.952. The van der Waals surface area contributed by atoms with Crippen molar-refractivity contribution < 1.29 is 14.3 Å². The zero-order chi connectivity index (χ0) is 23.6. The summed E-state index contributed by atoms with van der Waals surface area (Å²) in [5, 5.41) is 3.04. The van der Waals surface area contributed by atoms with Crippen LogP contribution in [0.2, 0.25) is 0 Å². The van der Waals surface area contributed by atoms with Crippen molar-refractivity contribution in [3.8, 4) is 5.75 Å². The molecule has 0 saturated carbocycles. The first-order chi connectivity index (χ1) is 15.2. The Morgan fingerprint density at radius 1 is 1.03 bits per heavy atom. The minimum Gasteiger partial charge on any atom is -0.497 e. The van der Waals surface area contributed by atoms with Crippen molar-refractivity contribution in [2.75, 3.05) is 12.9 Å². The van der Waals surface area contributed by atoms with Gasteiger partial charge in [0.15, 0.2) is 0 Å². The van der Waals surface area contributed by atoms with Crippen molar-refractivity contribution in [2.45, 2.75) is 64.4 Å². The van der Waals surface area contributed by atoms with Crippen LogP contribution in [0.3, 0.4) is 0 Å². The molecule has 0 heterocycles. The molecule has 0 aliphatic carbocycles. The molecule has 6 heteroatoms. The Morgan fingerprint density at radius 2 is 1.69 bits per heavy atom. The summed E-state index contributed by atoms with van der Waals surface area (Å²) in [5.41, 5.74) is 1.86. The summed E-state index contributed by atoms with van der Waals surface area (Å²) in [6, 6.07) is 17.4. The first-order valence-electron chi connectivity index (χ1n) is 11.1. The first-order valence-corrected chi connectivity index (χ1v) is 12.2. The molecule has 1 N–H and O–H groups in total. The molecule has 0 fully saturated rings. The van der Waals surface area contributed by atoms with E-state index in [-0.39, 0.29) is 17.4 Å². The molecule has 0 saturated heterocycles. The van der Waals surface area contributed by atoms with Crippen molar-refractivity contribution >= 4 is 23.6 Å². The number of hydrogen-bond acceptors (Lipinski definition) is 4. The number of carbonyl (C=O) groups excluding carboxylic acids is 2. The summed E-state index contributed by atoms with van der Waals surface area (Å²) >= 11 is 1.74. The summed E-state index contributed by atoms with van der Waals surface area (Å²) in [5.74, 6) is 2.23. The molecule has 174 valence electrons. The zero-order valence-corrected chi connectivity index (χ0v) is 20.7. The molecule has 0 radical (unpaired) electrons. The summed E-state index contributed by atoms with van der Waals surface area (Å²) in [4.78, 5) is 28.0.